The van der Waals surface area contributed by atoms with Gasteiger partial charge >= 0.3 is 0 Å². The van der Waals surface area contributed by atoms with Crippen LogP contribution in [0.1, 0.15) is 31.3 Å². The molecule has 0 spiro atoms. The van der Waals surface area contributed by atoms with E-state index in [0.717, 1.165) is 0 Å². The second-order valence-electron chi connectivity index (χ2n) is 5.09. The van der Waals surface area contributed by atoms with Crippen molar-refractivity contribution in [3.05, 3.63) is 33.2 Å². The zero-order valence-corrected chi connectivity index (χ0v) is 12.4. The van der Waals surface area contributed by atoms with Gasteiger partial charge in [0.25, 0.3) is 0 Å². The van der Waals surface area contributed by atoms with Gasteiger partial charge in [-0.2, -0.15) is 0 Å². The molecule has 18 heavy (non-hydrogen) atoms. The fourth-order valence-electron chi connectivity index (χ4n) is 1.58. The highest BCUT2D eigenvalue weighted by Gasteiger charge is 2.27. The average Bonchev–Trinajstić information content (AvgIpc) is 2.69. The van der Waals surface area contributed by atoms with Crippen LogP contribution < -0.4 is 0 Å². The molecule has 1 aromatic carbocycles. The first-order valence-electron chi connectivity index (χ1n) is 5.33. The Balaban J connectivity index is 2.68. The maximum Gasteiger partial charge on any atom is 0.203 e. The molecule has 1 heterocycles. The van der Waals surface area contributed by atoms with Crippen LogP contribution in [0.5, 0.6) is 0 Å². The summed E-state index contributed by atoms with van der Waals surface area (Å²) in [6.07, 6.45) is 0. The number of ketones is 1. The molecule has 0 amide bonds. The molecule has 0 aliphatic rings. The molecule has 2 nitrogen and oxygen atoms in total. The molecule has 0 bridgehead atoms. The Hall–Kier alpha value is -0.870. The summed E-state index contributed by atoms with van der Waals surface area (Å²) in [7, 11) is 0. The lowest BCUT2D eigenvalue weighted by atomic mass is 9.89. The number of hydrogen-bond acceptors (Lipinski definition) is 2. The van der Waals surface area contributed by atoms with E-state index in [-0.39, 0.29) is 32.0 Å². The maximum atomic E-state index is 13.9. The SMILES string of the molecule is CC(C)(C)C(=O)c1cc2c(F)c(Br)cc(Cl)c2o1. The Kier molecular flexibility index (Phi) is 3.28. The lowest BCUT2D eigenvalue weighted by Gasteiger charge is -2.13. The normalized spacial score (nSPS) is 12.1. The number of rotatable bonds is 1. The largest absolute Gasteiger partial charge is 0.451 e. The van der Waals surface area contributed by atoms with Crippen molar-refractivity contribution in [3.63, 3.8) is 0 Å². The Bertz CT molecular complexity index is 640. The first-order chi connectivity index (χ1) is 8.21. The monoisotopic (exact) mass is 332 g/mol. The van der Waals surface area contributed by atoms with E-state index in [9.17, 15) is 9.18 Å². The van der Waals surface area contributed by atoms with Crippen LogP contribution in [0.2, 0.25) is 5.02 Å². The van der Waals surface area contributed by atoms with Gasteiger partial charge in [-0.25, -0.2) is 4.39 Å². The van der Waals surface area contributed by atoms with Gasteiger partial charge in [-0.15, -0.1) is 0 Å². The lowest BCUT2D eigenvalue weighted by Crippen LogP contribution is -2.19. The Morgan fingerprint density at radius 1 is 1.39 bits per heavy atom. The molecule has 0 fully saturated rings. The molecule has 0 unspecified atom stereocenters. The Labute approximate surface area is 117 Å². The van der Waals surface area contributed by atoms with E-state index in [1.165, 1.54) is 12.1 Å². The molecule has 0 N–H and O–H groups in total. The van der Waals surface area contributed by atoms with Gasteiger partial charge in [0.05, 0.1) is 14.9 Å². The maximum absolute atomic E-state index is 13.9. The highest BCUT2D eigenvalue weighted by molar-refractivity contribution is 9.10. The van der Waals surface area contributed by atoms with Crippen molar-refractivity contribution in [2.75, 3.05) is 0 Å². The molecular formula is C13H11BrClFO2. The molecule has 2 rings (SSSR count). The van der Waals surface area contributed by atoms with Crippen LogP contribution in [0.4, 0.5) is 4.39 Å². The van der Waals surface area contributed by atoms with Crippen molar-refractivity contribution in [2.45, 2.75) is 20.8 Å². The molecule has 96 valence electrons. The fraction of sp³-hybridized carbons (Fsp3) is 0.308. The number of fused-ring (bicyclic) bond motifs is 1. The molecule has 0 aliphatic heterocycles. The van der Waals surface area contributed by atoms with Crippen molar-refractivity contribution in [3.8, 4) is 0 Å². The van der Waals surface area contributed by atoms with Crippen LogP contribution in [-0.4, -0.2) is 5.78 Å². The van der Waals surface area contributed by atoms with Crippen molar-refractivity contribution >= 4 is 44.3 Å². The van der Waals surface area contributed by atoms with Gasteiger partial charge in [-0.3, -0.25) is 4.79 Å². The third kappa shape index (κ3) is 2.19. The second kappa shape index (κ2) is 4.35. The topological polar surface area (TPSA) is 30.2 Å². The smallest absolute Gasteiger partial charge is 0.203 e. The van der Waals surface area contributed by atoms with Gasteiger partial charge in [0, 0.05) is 5.41 Å². The van der Waals surface area contributed by atoms with Crippen LogP contribution in [0.3, 0.4) is 0 Å². The molecule has 0 aliphatic carbocycles. The van der Waals surface area contributed by atoms with Gasteiger partial charge < -0.3 is 4.42 Å². The van der Waals surface area contributed by atoms with Crippen molar-refractivity contribution in [2.24, 2.45) is 5.41 Å². The summed E-state index contributed by atoms with van der Waals surface area (Å²) in [5.74, 6) is -0.548. The predicted molar refractivity (Wildman–Crippen MR) is 72.7 cm³/mol. The van der Waals surface area contributed by atoms with E-state index < -0.39 is 11.2 Å². The summed E-state index contributed by atoms with van der Waals surface area (Å²) in [5, 5.41) is 0.480. The lowest BCUT2D eigenvalue weighted by molar-refractivity contribution is 0.0831. The number of carbonyl (C=O) groups is 1. The Morgan fingerprint density at radius 3 is 2.56 bits per heavy atom. The first-order valence-corrected chi connectivity index (χ1v) is 6.50. The number of carbonyl (C=O) groups excluding carboxylic acids is 1. The third-order valence-corrected chi connectivity index (χ3v) is 3.41. The summed E-state index contributed by atoms with van der Waals surface area (Å²) in [4.78, 5) is 12.1. The molecular weight excluding hydrogens is 322 g/mol. The van der Waals surface area contributed by atoms with E-state index in [2.05, 4.69) is 15.9 Å². The van der Waals surface area contributed by atoms with Gasteiger partial charge in [0.15, 0.2) is 11.3 Å². The molecule has 0 saturated heterocycles. The number of furan rings is 1. The van der Waals surface area contributed by atoms with Crippen LogP contribution in [-0.2, 0) is 0 Å². The minimum absolute atomic E-state index is 0.122. The number of halogens is 3. The van der Waals surface area contributed by atoms with Crippen LogP contribution >= 0.6 is 27.5 Å². The van der Waals surface area contributed by atoms with Gasteiger partial charge in [-0.1, -0.05) is 32.4 Å². The standard InChI is InChI=1S/C13H11BrClFO2/c1-13(2,3)12(17)9-4-6-10(16)7(14)5-8(15)11(6)18-9/h4-5H,1-3H3. The summed E-state index contributed by atoms with van der Waals surface area (Å²) < 4.78 is 19.5. The van der Waals surface area contributed by atoms with Gasteiger partial charge in [0.1, 0.15) is 5.82 Å². The van der Waals surface area contributed by atoms with Gasteiger partial charge in [0.2, 0.25) is 5.78 Å². The van der Waals surface area contributed by atoms with E-state index in [1.807, 2.05) is 0 Å². The minimum Gasteiger partial charge on any atom is -0.451 e. The van der Waals surface area contributed by atoms with Crippen LogP contribution in [0.15, 0.2) is 21.0 Å². The van der Waals surface area contributed by atoms with Crippen molar-refractivity contribution in [1.82, 2.24) is 0 Å². The van der Waals surface area contributed by atoms with Gasteiger partial charge in [-0.05, 0) is 28.1 Å². The average molecular weight is 334 g/mol. The highest BCUT2D eigenvalue weighted by atomic mass is 79.9. The molecule has 1 aromatic heterocycles. The Morgan fingerprint density at radius 2 is 2.00 bits per heavy atom. The number of hydrogen-bond donors (Lipinski definition) is 0. The number of benzene rings is 1. The van der Waals surface area contributed by atoms with E-state index in [0.29, 0.717) is 0 Å². The predicted octanol–water partition coefficient (Wildman–Crippen LogP) is 5.22. The van der Waals surface area contributed by atoms with E-state index >= 15 is 0 Å². The highest BCUT2D eigenvalue weighted by Crippen LogP contribution is 2.35. The molecule has 0 saturated carbocycles. The molecule has 0 atom stereocenters. The summed E-state index contributed by atoms with van der Waals surface area (Å²) in [6, 6.07) is 2.81. The fourth-order valence-corrected chi connectivity index (χ4v) is 2.41. The van der Waals surface area contributed by atoms with E-state index in [1.54, 1.807) is 20.8 Å². The molecule has 5 heteroatoms. The van der Waals surface area contributed by atoms with Crippen molar-refractivity contribution < 1.29 is 13.6 Å². The summed E-state index contributed by atoms with van der Waals surface area (Å²) in [6.45, 7) is 5.32. The number of Topliss-reactive ketones (excluding diaryl/α,β-unsaturated/α-hetero) is 1. The van der Waals surface area contributed by atoms with Crippen LogP contribution in [0, 0.1) is 11.2 Å². The zero-order chi connectivity index (χ0) is 13.7. The third-order valence-electron chi connectivity index (χ3n) is 2.55. The quantitative estimate of drug-likeness (QED) is 0.529. The van der Waals surface area contributed by atoms with E-state index in [4.69, 9.17) is 16.0 Å². The molecule has 0 radical (unpaired) electrons. The second-order valence-corrected chi connectivity index (χ2v) is 6.35. The zero-order valence-electron chi connectivity index (χ0n) is 10.1. The summed E-state index contributed by atoms with van der Waals surface area (Å²) >= 11 is 9.03. The van der Waals surface area contributed by atoms with Crippen LogP contribution in [0.25, 0.3) is 11.0 Å². The molecule has 2 aromatic rings. The van der Waals surface area contributed by atoms with Crippen molar-refractivity contribution in [1.29, 1.82) is 0 Å². The minimum atomic E-state index is -0.589. The summed E-state index contributed by atoms with van der Waals surface area (Å²) in [5.41, 5.74) is -0.390. The first kappa shape index (κ1) is 13.6.